The molecule has 0 aromatic heterocycles. The molecule has 0 saturated carbocycles. The number of hydrogen-bond donors (Lipinski definition) is 1. The van der Waals surface area contributed by atoms with Crippen molar-refractivity contribution in [2.75, 3.05) is 13.2 Å². The molecule has 2 rings (SSSR count). The second kappa shape index (κ2) is 4.98. The van der Waals surface area contributed by atoms with Gasteiger partial charge in [0.25, 0.3) is 0 Å². The first-order valence-corrected chi connectivity index (χ1v) is 5.52. The van der Waals surface area contributed by atoms with E-state index in [0.29, 0.717) is 13.2 Å². The maximum atomic E-state index is 12.0. The van der Waals surface area contributed by atoms with Gasteiger partial charge in [0.05, 0.1) is 0 Å². The molecule has 1 aliphatic rings. The van der Waals surface area contributed by atoms with Crippen molar-refractivity contribution in [3.05, 3.63) is 29.8 Å². The van der Waals surface area contributed by atoms with Crippen molar-refractivity contribution < 1.29 is 18.3 Å². The third-order valence-corrected chi connectivity index (χ3v) is 3.04. The van der Waals surface area contributed by atoms with Crippen LogP contribution in [0.2, 0.25) is 0 Å². The van der Waals surface area contributed by atoms with Crippen LogP contribution in [0.5, 0.6) is 5.75 Å². The predicted molar refractivity (Wildman–Crippen MR) is 59.0 cm³/mol. The maximum absolute atomic E-state index is 12.0. The normalized spacial score (nSPS) is 19.3. The highest BCUT2D eigenvalue weighted by molar-refractivity contribution is 5.32. The van der Waals surface area contributed by atoms with E-state index in [-0.39, 0.29) is 5.75 Å². The number of rotatable bonds is 3. The molecule has 0 unspecified atom stereocenters. The fourth-order valence-electron chi connectivity index (χ4n) is 1.99. The minimum atomic E-state index is -2.80. The van der Waals surface area contributed by atoms with Gasteiger partial charge in [0, 0.05) is 18.8 Å². The van der Waals surface area contributed by atoms with E-state index in [0.717, 1.165) is 18.4 Å². The largest absolute Gasteiger partial charge is 0.435 e. The van der Waals surface area contributed by atoms with Crippen molar-refractivity contribution in [3.8, 4) is 5.75 Å². The molecule has 1 heterocycles. The summed E-state index contributed by atoms with van der Waals surface area (Å²) in [7, 11) is 0. The molecule has 1 fully saturated rings. The Hall–Kier alpha value is -1.20. The van der Waals surface area contributed by atoms with Crippen molar-refractivity contribution in [2.24, 2.45) is 5.73 Å². The van der Waals surface area contributed by atoms with E-state index in [1.54, 1.807) is 12.1 Å². The molecule has 3 nitrogen and oxygen atoms in total. The number of halogens is 2. The molecule has 94 valence electrons. The molecule has 17 heavy (non-hydrogen) atoms. The van der Waals surface area contributed by atoms with Crippen LogP contribution in [0.4, 0.5) is 8.78 Å². The van der Waals surface area contributed by atoms with Crippen molar-refractivity contribution in [1.82, 2.24) is 0 Å². The Balaban J connectivity index is 2.11. The summed E-state index contributed by atoms with van der Waals surface area (Å²) in [5.74, 6) is 0.152. The smallest absolute Gasteiger partial charge is 0.387 e. The van der Waals surface area contributed by atoms with Gasteiger partial charge in [-0.2, -0.15) is 8.78 Å². The highest BCUT2D eigenvalue weighted by Gasteiger charge is 2.29. The molecule has 1 aromatic carbocycles. The van der Waals surface area contributed by atoms with E-state index in [1.165, 1.54) is 12.1 Å². The summed E-state index contributed by atoms with van der Waals surface area (Å²) in [6, 6.07) is 6.52. The first kappa shape index (κ1) is 12.3. The average Bonchev–Trinajstić information content (AvgIpc) is 2.30. The van der Waals surface area contributed by atoms with Crippen LogP contribution in [0.1, 0.15) is 18.4 Å². The monoisotopic (exact) mass is 243 g/mol. The minimum Gasteiger partial charge on any atom is -0.435 e. The fourth-order valence-corrected chi connectivity index (χ4v) is 1.99. The molecule has 0 atom stereocenters. The van der Waals surface area contributed by atoms with Crippen molar-refractivity contribution in [3.63, 3.8) is 0 Å². The summed E-state index contributed by atoms with van der Waals surface area (Å²) in [6.07, 6.45) is 1.48. The molecule has 0 aliphatic carbocycles. The first-order valence-electron chi connectivity index (χ1n) is 5.52. The zero-order chi connectivity index (χ0) is 12.3. The van der Waals surface area contributed by atoms with Crippen LogP contribution in [0.25, 0.3) is 0 Å². The molecule has 0 amide bonds. The minimum absolute atomic E-state index is 0.152. The van der Waals surface area contributed by atoms with Gasteiger partial charge in [-0.1, -0.05) is 12.1 Å². The molecular weight excluding hydrogens is 228 g/mol. The van der Waals surface area contributed by atoms with Gasteiger partial charge in [-0.3, -0.25) is 0 Å². The van der Waals surface area contributed by atoms with E-state index < -0.39 is 12.2 Å². The van der Waals surface area contributed by atoms with Gasteiger partial charge >= 0.3 is 6.61 Å². The summed E-state index contributed by atoms with van der Waals surface area (Å²) in [5.41, 5.74) is 6.78. The van der Waals surface area contributed by atoms with Crippen LogP contribution >= 0.6 is 0 Å². The summed E-state index contributed by atoms with van der Waals surface area (Å²) in [5, 5.41) is 0. The fraction of sp³-hybridized carbons (Fsp3) is 0.500. The first-order chi connectivity index (χ1) is 8.10. The Bertz CT molecular complexity index is 361. The highest BCUT2D eigenvalue weighted by Crippen LogP contribution is 2.30. The van der Waals surface area contributed by atoms with E-state index >= 15 is 0 Å². The molecule has 0 radical (unpaired) electrons. The molecule has 1 aromatic rings. The van der Waals surface area contributed by atoms with E-state index in [9.17, 15) is 8.78 Å². The van der Waals surface area contributed by atoms with Gasteiger partial charge in [-0.15, -0.1) is 0 Å². The summed E-state index contributed by atoms with van der Waals surface area (Å²) in [6.45, 7) is -1.53. The van der Waals surface area contributed by atoms with Crippen molar-refractivity contribution in [1.29, 1.82) is 0 Å². The molecular formula is C12H15F2NO2. The van der Waals surface area contributed by atoms with Crippen LogP contribution in [0.15, 0.2) is 24.3 Å². The van der Waals surface area contributed by atoms with Gasteiger partial charge in [0.2, 0.25) is 0 Å². The van der Waals surface area contributed by atoms with E-state index in [1.807, 2.05) is 0 Å². The van der Waals surface area contributed by atoms with Crippen molar-refractivity contribution >= 4 is 0 Å². The highest BCUT2D eigenvalue weighted by atomic mass is 19.3. The standard InChI is InChI=1S/C12H15F2NO2/c13-11(14)17-10-3-1-9(2-4-10)12(15)5-7-16-8-6-12/h1-4,11H,5-8,15H2. The van der Waals surface area contributed by atoms with Gasteiger partial charge in [-0.05, 0) is 30.5 Å². The van der Waals surface area contributed by atoms with Crippen LogP contribution in [-0.2, 0) is 10.3 Å². The number of nitrogens with two attached hydrogens (primary N) is 1. The molecule has 2 N–H and O–H groups in total. The Morgan fingerprint density at radius 1 is 1.18 bits per heavy atom. The zero-order valence-corrected chi connectivity index (χ0v) is 9.36. The average molecular weight is 243 g/mol. The quantitative estimate of drug-likeness (QED) is 0.885. The third kappa shape index (κ3) is 2.92. The van der Waals surface area contributed by atoms with E-state index in [2.05, 4.69) is 4.74 Å². The van der Waals surface area contributed by atoms with Gasteiger partial charge in [-0.25, -0.2) is 0 Å². The lowest BCUT2D eigenvalue weighted by atomic mass is 9.84. The number of benzene rings is 1. The lowest BCUT2D eigenvalue weighted by Crippen LogP contribution is -2.42. The molecule has 1 aliphatic heterocycles. The van der Waals surface area contributed by atoms with Gasteiger partial charge < -0.3 is 15.2 Å². The third-order valence-electron chi connectivity index (χ3n) is 3.04. The molecule has 5 heteroatoms. The van der Waals surface area contributed by atoms with Crippen LogP contribution < -0.4 is 10.5 Å². The maximum Gasteiger partial charge on any atom is 0.387 e. The molecule has 1 saturated heterocycles. The second-order valence-electron chi connectivity index (χ2n) is 4.17. The topological polar surface area (TPSA) is 44.5 Å². The van der Waals surface area contributed by atoms with Crippen LogP contribution in [-0.4, -0.2) is 19.8 Å². The summed E-state index contributed by atoms with van der Waals surface area (Å²) in [4.78, 5) is 0. The van der Waals surface area contributed by atoms with Gasteiger partial charge in [0.1, 0.15) is 5.75 Å². The van der Waals surface area contributed by atoms with Crippen LogP contribution in [0.3, 0.4) is 0 Å². The Labute approximate surface area is 98.5 Å². The number of alkyl halides is 2. The lowest BCUT2D eigenvalue weighted by Gasteiger charge is -2.33. The van der Waals surface area contributed by atoms with Gasteiger partial charge in [0.15, 0.2) is 0 Å². The molecule has 0 bridgehead atoms. The summed E-state index contributed by atoms with van der Waals surface area (Å²) < 4.78 is 33.5. The lowest BCUT2D eigenvalue weighted by molar-refractivity contribution is -0.0498. The second-order valence-corrected chi connectivity index (χ2v) is 4.17. The Morgan fingerprint density at radius 3 is 2.29 bits per heavy atom. The molecule has 0 spiro atoms. The zero-order valence-electron chi connectivity index (χ0n) is 9.36. The van der Waals surface area contributed by atoms with E-state index in [4.69, 9.17) is 10.5 Å². The SMILES string of the molecule is NC1(c2ccc(OC(F)F)cc2)CCOCC1. The number of hydrogen-bond acceptors (Lipinski definition) is 3. The Morgan fingerprint density at radius 2 is 1.76 bits per heavy atom. The summed E-state index contributed by atoms with van der Waals surface area (Å²) >= 11 is 0. The Kier molecular flexibility index (Phi) is 3.59. The van der Waals surface area contributed by atoms with Crippen molar-refractivity contribution in [2.45, 2.75) is 25.0 Å². The van der Waals surface area contributed by atoms with Crippen LogP contribution in [0, 0.1) is 0 Å². The predicted octanol–water partition coefficient (Wildman–Crippen LogP) is 2.25. The number of ether oxygens (including phenoxy) is 2.